The average Bonchev–Trinajstić information content (AvgIpc) is 0.830. The molecule has 714 valence electrons. The number of carbonyl (C=O) groups excluding carboxylic acids is 15. The minimum Gasteiger partial charge on any atom is -0.481 e. The molecule has 0 saturated carbocycles. The highest BCUT2D eigenvalue weighted by molar-refractivity contribution is 6.02. The van der Waals surface area contributed by atoms with Gasteiger partial charge >= 0.3 is 17.9 Å². The average molecular weight is 1810 g/mol. The number of hydrogen-bond acceptors (Lipinski definition) is 29. The summed E-state index contributed by atoms with van der Waals surface area (Å²) in [6.45, 7) is 3.35. The highest BCUT2D eigenvalue weighted by Crippen LogP contribution is 2.15. The summed E-state index contributed by atoms with van der Waals surface area (Å²) in [5.41, 5.74) is 49.2. The summed E-state index contributed by atoms with van der Waals surface area (Å²) < 4.78 is 0. The number of hydrogen-bond donors (Lipinski definition) is 33. The summed E-state index contributed by atoms with van der Waals surface area (Å²) in [6, 6.07) is -28.5. The SMILES string of the molecule is CC[C@H](C)[C@H](NC(=O)[C@H](CO)NC(=O)[C@H](CCCN=C(N)N)NC(=O)[C@H](C)NC(=O)[C@H](CC(=O)O)NC(=O)[C@H](CC(C)C)NC(=O)[C@H](CCCN=C(N)N)NC(=O)[C@H](CO)NC(=O)[C@H](CO)NC(=O)[C@@H](N)CCCN=C(N)N)C(=O)N[C@@H](CC(C)C)C(=O)N[C@@H](CC(=O)O)C(=O)N[C@@H](CO)C(=O)N[C@@H](CCCN=C(N)N)C(=O)N[C@@H](CO)C(=O)N[C@@H](CO)C(=O)O. The number of guanidine groups is 4. The van der Waals surface area contributed by atoms with Gasteiger partial charge in [0.1, 0.15) is 90.6 Å². The lowest BCUT2D eigenvalue weighted by atomic mass is 9.96. The van der Waals surface area contributed by atoms with Gasteiger partial charge in [-0.3, -0.25) is 101 Å². The smallest absolute Gasteiger partial charge is 0.328 e. The van der Waals surface area contributed by atoms with E-state index in [2.05, 4.69) is 94.4 Å². The van der Waals surface area contributed by atoms with Gasteiger partial charge in [0, 0.05) is 26.2 Å². The highest BCUT2D eigenvalue weighted by atomic mass is 16.4. The lowest BCUT2D eigenvalue weighted by molar-refractivity contribution is -0.144. The summed E-state index contributed by atoms with van der Waals surface area (Å²) in [5.74, 6) is -26.3. The van der Waals surface area contributed by atoms with Crippen molar-refractivity contribution in [2.45, 2.75) is 229 Å². The fourth-order valence-corrected chi connectivity index (χ4v) is 11.2. The molecule has 126 heavy (non-hydrogen) atoms. The molecule has 0 aromatic carbocycles. The second-order valence-corrected chi connectivity index (χ2v) is 29.7. The van der Waals surface area contributed by atoms with Gasteiger partial charge in [-0.2, -0.15) is 0 Å². The molecule has 17 atom stereocenters. The molecule has 55 nitrogen and oxygen atoms in total. The third kappa shape index (κ3) is 45.1. The maximum absolute atomic E-state index is 14.4. The number of amides is 15. The number of carboxylic acid groups (broad SMARTS) is 3. The number of carboxylic acids is 3. The normalized spacial score (nSPS) is 15.0. The van der Waals surface area contributed by atoms with E-state index in [1.807, 2.05) is 5.32 Å². The van der Waals surface area contributed by atoms with Crippen LogP contribution in [0.1, 0.15) is 132 Å². The number of nitrogens with two attached hydrogens (primary N) is 9. The van der Waals surface area contributed by atoms with Gasteiger partial charge in [0.2, 0.25) is 88.6 Å². The van der Waals surface area contributed by atoms with Crippen molar-refractivity contribution in [2.24, 2.45) is 89.3 Å². The van der Waals surface area contributed by atoms with Crippen molar-refractivity contribution in [3.05, 3.63) is 0 Å². The lowest BCUT2D eigenvalue weighted by Gasteiger charge is -2.30. The van der Waals surface area contributed by atoms with Crippen molar-refractivity contribution in [1.29, 1.82) is 0 Å². The number of carbonyl (C=O) groups is 18. The molecule has 0 heterocycles. The molecule has 0 unspecified atom stereocenters. The van der Waals surface area contributed by atoms with Crippen LogP contribution in [0.25, 0.3) is 0 Å². The first-order chi connectivity index (χ1) is 59.0. The maximum Gasteiger partial charge on any atom is 0.328 e. The number of nitrogens with one attached hydrogen (secondary N) is 15. The summed E-state index contributed by atoms with van der Waals surface area (Å²) in [6.07, 6.45) is -3.72. The second-order valence-electron chi connectivity index (χ2n) is 29.7. The van der Waals surface area contributed by atoms with Crippen molar-refractivity contribution < 1.29 is 132 Å². The molecule has 0 aromatic heterocycles. The summed E-state index contributed by atoms with van der Waals surface area (Å²) >= 11 is 0. The van der Waals surface area contributed by atoms with Crippen LogP contribution in [0, 0.1) is 17.8 Å². The third-order valence-electron chi connectivity index (χ3n) is 18.2. The fourth-order valence-electron chi connectivity index (χ4n) is 11.2. The van der Waals surface area contributed by atoms with Crippen LogP contribution in [0.3, 0.4) is 0 Å². The Morgan fingerprint density at radius 3 is 0.794 bits per heavy atom. The number of aliphatic hydroxyl groups is 6. The Balaban J connectivity index is 7.01. The van der Waals surface area contributed by atoms with Gasteiger partial charge in [0.05, 0.1) is 58.5 Å². The molecule has 0 aliphatic carbocycles. The van der Waals surface area contributed by atoms with E-state index in [-0.39, 0.29) is 121 Å². The number of nitrogens with zero attached hydrogens (tertiary/aromatic N) is 4. The van der Waals surface area contributed by atoms with E-state index in [1.54, 1.807) is 34.6 Å². The molecule has 0 fully saturated rings. The van der Waals surface area contributed by atoms with Crippen LogP contribution < -0.4 is 131 Å². The minimum absolute atomic E-state index is 0.0361. The fraction of sp³-hybridized carbons (Fsp3) is 0.690. The molecule has 0 aromatic rings. The van der Waals surface area contributed by atoms with Crippen LogP contribution >= 0.6 is 0 Å². The lowest BCUT2D eigenvalue weighted by Crippen LogP contribution is -2.62. The Bertz CT molecular complexity index is 3770. The van der Waals surface area contributed by atoms with Crippen LogP contribution in [-0.2, 0) is 86.3 Å². The Labute approximate surface area is 723 Å². The zero-order valence-electron chi connectivity index (χ0n) is 71.1. The van der Waals surface area contributed by atoms with Gasteiger partial charge in [-0.1, -0.05) is 48.0 Å². The van der Waals surface area contributed by atoms with Crippen molar-refractivity contribution >= 4 is 130 Å². The van der Waals surface area contributed by atoms with Crippen molar-refractivity contribution in [1.82, 2.24) is 79.8 Å². The Morgan fingerprint density at radius 1 is 0.278 bits per heavy atom. The largest absolute Gasteiger partial charge is 0.481 e. The molecule has 0 saturated heterocycles. The van der Waals surface area contributed by atoms with Gasteiger partial charge in [0.25, 0.3) is 0 Å². The molecule has 0 spiro atoms. The second kappa shape index (κ2) is 59.9. The Hall–Kier alpha value is -12.7. The van der Waals surface area contributed by atoms with Crippen LogP contribution in [0.2, 0.25) is 0 Å². The minimum atomic E-state index is -2.11. The summed E-state index contributed by atoms with van der Waals surface area (Å²) in [7, 11) is 0. The van der Waals surface area contributed by atoms with Gasteiger partial charge in [-0.05, 0) is 88.9 Å². The van der Waals surface area contributed by atoms with E-state index in [4.69, 9.17) is 51.6 Å². The van der Waals surface area contributed by atoms with E-state index < -0.39 is 273 Å². The maximum atomic E-state index is 14.4. The van der Waals surface area contributed by atoms with Crippen LogP contribution in [0.15, 0.2) is 20.0 Å². The van der Waals surface area contributed by atoms with Crippen LogP contribution in [0.4, 0.5) is 0 Å². The van der Waals surface area contributed by atoms with Gasteiger partial charge in [-0.25, -0.2) is 4.79 Å². The van der Waals surface area contributed by atoms with Gasteiger partial charge in [0.15, 0.2) is 23.8 Å². The molecule has 0 bridgehead atoms. The van der Waals surface area contributed by atoms with Crippen molar-refractivity contribution in [2.75, 3.05) is 65.8 Å². The molecule has 0 aliphatic heterocycles. The van der Waals surface area contributed by atoms with Gasteiger partial charge < -0.3 is 177 Å². The first-order valence-electron chi connectivity index (χ1n) is 39.9. The first-order valence-corrected chi connectivity index (χ1v) is 39.9. The Morgan fingerprint density at radius 2 is 0.508 bits per heavy atom. The van der Waals surface area contributed by atoms with Gasteiger partial charge in [-0.15, -0.1) is 0 Å². The quantitative estimate of drug-likeness (QED) is 0.0153. The van der Waals surface area contributed by atoms with E-state index in [9.17, 15) is 132 Å². The standard InChI is InChI=1S/C71H128N28O27/c1-8-33(6)51(66(124)92-40(22-32(4)5)59(117)91-42(24-50(108)109)60(118)96-44(26-101)61(119)88-38(16-12-20-84-71(79)80)56(114)94-46(28-103)64(122)98-48(30-105)67(125)126)99-65(123)47(29-104)95-55(113)36(14-10-18-82-69(75)76)86-52(110)34(7)85-57(115)41(23-49(106)107)90-58(116)39(21-31(2)3)89-54(112)37(15-11-19-83-70(77)78)87-62(120)45(27-102)97-63(121)43(25-100)93-53(111)35(72)13-9-17-81-68(73)74/h31-48,51,100-105H,8-30,72H2,1-7H3,(H,85,115)(H,86,110)(H,87,120)(H,88,119)(H,89,112)(H,90,116)(H,91,117)(H,92,124)(H,93,111)(H,94,114)(H,95,113)(H,96,118)(H,97,121)(H,98,122)(H,99,123)(H,106,107)(H,108,109)(H,125,126)(H4,73,74,81)(H4,75,76,82)(H4,77,78,83)(H4,79,80,84)/t33-,34-,35-,36-,37-,38-,39-,40-,41-,42-,43-,44-,45-,46-,47-,48-,51-/m0/s1. The topological polar surface area (TPSA) is 953 Å². The van der Waals surface area contributed by atoms with Crippen molar-refractivity contribution in [3.63, 3.8) is 0 Å². The zero-order chi connectivity index (χ0) is 96.4. The van der Waals surface area contributed by atoms with E-state index in [1.165, 1.54) is 6.92 Å². The third-order valence-corrected chi connectivity index (χ3v) is 18.2. The van der Waals surface area contributed by atoms with E-state index in [0.717, 1.165) is 6.92 Å². The number of rotatable bonds is 63. The molecule has 42 N–H and O–H groups in total. The number of aliphatic hydroxyl groups excluding tert-OH is 6. The zero-order valence-corrected chi connectivity index (χ0v) is 71.1. The molecule has 0 radical (unpaired) electrons. The predicted molar refractivity (Wildman–Crippen MR) is 445 cm³/mol. The Kier molecular flexibility index (Phi) is 53.9. The van der Waals surface area contributed by atoms with Crippen LogP contribution in [-0.4, -0.2) is 339 Å². The molecule has 0 rings (SSSR count). The highest BCUT2D eigenvalue weighted by Gasteiger charge is 2.40. The number of aliphatic carboxylic acids is 3. The number of aliphatic imine (C=N–C) groups is 4. The molecular weight excluding hydrogens is 1680 g/mol. The van der Waals surface area contributed by atoms with E-state index >= 15 is 0 Å². The van der Waals surface area contributed by atoms with Crippen LogP contribution in [0.5, 0.6) is 0 Å². The monoisotopic (exact) mass is 1800 g/mol. The van der Waals surface area contributed by atoms with E-state index in [0.29, 0.717) is 0 Å². The summed E-state index contributed by atoms with van der Waals surface area (Å²) in [4.78, 5) is 259. The molecular formula is C71H128N28O27. The molecule has 15 amide bonds. The van der Waals surface area contributed by atoms with Crippen molar-refractivity contribution in [3.8, 4) is 0 Å². The molecule has 55 heteroatoms. The first kappa shape index (κ1) is 113. The molecule has 0 aliphatic rings. The predicted octanol–water partition coefficient (Wildman–Crippen LogP) is -16.1. The summed E-state index contributed by atoms with van der Waals surface area (Å²) in [5, 5.41) is 123.